The molecule has 2 aromatic carbocycles. The van der Waals surface area contributed by atoms with Crippen LogP contribution < -0.4 is 0 Å². The van der Waals surface area contributed by atoms with E-state index in [0.29, 0.717) is 0 Å². The smallest absolute Gasteiger partial charge is 0.0178 e. The molecule has 0 aliphatic carbocycles. The number of hydrogen-bond donors (Lipinski definition) is 0. The van der Waals surface area contributed by atoms with Crippen molar-refractivity contribution in [3.63, 3.8) is 0 Å². The van der Waals surface area contributed by atoms with Gasteiger partial charge in [0.05, 0.1) is 0 Å². The van der Waals surface area contributed by atoms with E-state index in [-0.39, 0.29) is 0 Å². The topological polar surface area (TPSA) is 0 Å². The van der Waals surface area contributed by atoms with Crippen molar-refractivity contribution in [1.29, 1.82) is 0 Å². The van der Waals surface area contributed by atoms with Gasteiger partial charge in [-0.3, -0.25) is 0 Å². The summed E-state index contributed by atoms with van der Waals surface area (Å²) in [5.41, 5.74) is 5.20. The highest BCUT2D eigenvalue weighted by Gasteiger charge is 1.99. The molecule has 0 aromatic heterocycles. The van der Waals surface area contributed by atoms with Crippen LogP contribution in [0.5, 0.6) is 0 Å². The Bertz CT molecular complexity index is 507. The van der Waals surface area contributed by atoms with Crippen molar-refractivity contribution in [2.45, 2.75) is 20.3 Å². The maximum Gasteiger partial charge on any atom is -0.0178 e. The van der Waals surface area contributed by atoms with Crippen LogP contribution in [-0.2, 0) is 0 Å². The molecule has 0 saturated carbocycles. The van der Waals surface area contributed by atoms with Crippen LogP contribution in [0, 0.1) is 6.92 Å². The first-order valence-corrected chi connectivity index (χ1v) is 6.14. The standard InChI is InChI=1S/C17H18/c1-3-4-8-16-13-17(12-11-14(16)2)15-9-6-5-7-10-15/h4-13H,3H2,1-2H3/b8-4-. The van der Waals surface area contributed by atoms with E-state index in [1.54, 1.807) is 0 Å². The van der Waals surface area contributed by atoms with E-state index in [1.165, 1.54) is 22.3 Å². The van der Waals surface area contributed by atoms with Gasteiger partial charge in [-0.15, -0.1) is 0 Å². The van der Waals surface area contributed by atoms with E-state index in [0.717, 1.165) is 6.42 Å². The Hall–Kier alpha value is -1.82. The zero-order valence-corrected chi connectivity index (χ0v) is 10.5. The minimum absolute atomic E-state index is 1.08. The maximum absolute atomic E-state index is 2.26. The van der Waals surface area contributed by atoms with E-state index in [4.69, 9.17) is 0 Å². The summed E-state index contributed by atoms with van der Waals surface area (Å²) in [5, 5.41) is 0. The number of rotatable bonds is 3. The number of hydrogen-bond acceptors (Lipinski definition) is 0. The molecule has 0 aliphatic rings. The highest BCUT2D eigenvalue weighted by atomic mass is 14.0. The van der Waals surface area contributed by atoms with Crippen LogP contribution in [0.2, 0.25) is 0 Å². The average molecular weight is 222 g/mol. The Balaban J connectivity index is 2.41. The Labute approximate surface area is 104 Å². The second kappa shape index (κ2) is 5.49. The first-order valence-electron chi connectivity index (χ1n) is 6.14. The Morgan fingerprint density at radius 1 is 0.941 bits per heavy atom. The molecule has 0 N–H and O–H groups in total. The van der Waals surface area contributed by atoms with E-state index in [9.17, 15) is 0 Å². The molecule has 0 bridgehead atoms. The van der Waals surface area contributed by atoms with Crippen molar-refractivity contribution < 1.29 is 0 Å². The van der Waals surface area contributed by atoms with Gasteiger partial charge in [-0.05, 0) is 41.7 Å². The van der Waals surface area contributed by atoms with Crippen molar-refractivity contribution >= 4 is 6.08 Å². The molecule has 0 radical (unpaired) electrons. The lowest BCUT2D eigenvalue weighted by Crippen LogP contribution is -1.83. The molecule has 0 saturated heterocycles. The third-order valence-electron chi connectivity index (χ3n) is 2.92. The van der Waals surface area contributed by atoms with Gasteiger partial charge in [0.2, 0.25) is 0 Å². The van der Waals surface area contributed by atoms with Crippen molar-refractivity contribution in [1.82, 2.24) is 0 Å². The van der Waals surface area contributed by atoms with E-state index < -0.39 is 0 Å². The zero-order valence-electron chi connectivity index (χ0n) is 10.5. The van der Waals surface area contributed by atoms with Crippen LogP contribution in [0.25, 0.3) is 17.2 Å². The van der Waals surface area contributed by atoms with E-state index in [1.807, 2.05) is 0 Å². The van der Waals surface area contributed by atoms with Gasteiger partial charge in [-0.25, -0.2) is 0 Å². The molecule has 0 nitrogen and oxygen atoms in total. The van der Waals surface area contributed by atoms with Crippen molar-refractivity contribution in [2.75, 3.05) is 0 Å². The van der Waals surface area contributed by atoms with Gasteiger partial charge in [0.25, 0.3) is 0 Å². The lowest BCUT2D eigenvalue weighted by atomic mass is 9.99. The monoisotopic (exact) mass is 222 g/mol. The molecular weight excluding hydrogens is 204 g/mol. The van der Waals surface area contributed by atoms with Crippen molar-refractivity contribution in [3.05, 3.63) is 65.7 Å². The Morgan fingerprint density at radius 2 is 1.71 bits per heavy atom. The van der Waals surface area contributed by atoms with Crippen LogP contribution in [0.1, 0.15) is 24.5 Å². The van der Waals surface area contributed by atoms with Gasteiger partial charge in [0.1, 0.15) is 0 Å². The Morgan fingerprint density at radius 3 is 2.41 bits per heavy atom. The summed E-state index contributed by atoms with van der Waals surface area (Å²) in [6, 6.07) is 17.2. The van der Waals surface area contributed by atoms with Gasteiger partial charge in [-0.1, -0.05) is 61.5 Å². The lowest BCUT2D eigenvalue weighted by molar-refractivity contribution is 1.23. The number of aryl methyl sites for hydroxylation is 1. The van der Waals surface area contributed by atoms with Crippen molar-refractivity contribution in [3.8, 4) is 11.1 Å². The summed E-state index contributed by atoms with van der Waals surface area (Å²) < 4.78 is 0. The molecular formula is C17H18. The first-order chi connectivity index (χ1) is 8.31. The van der Waals surface area contributed by atoms with Crippen molar-refractivity contribution in [2.24, 2.45) is 0 Å². The maximum atomic E-state index is 2.26. The van der Waals surface area contributed by atoms with Crippen LogP contribution in [0.15, 0.2) is 54.6 Å². The lowest BCUT2D eigenvalue weighted by Gasteiger charge is -2.06. The second-order valence-electron chi connectivity index (χ2n) is 4.25. The van der Waals surface area contributed by atoms with E-state index in [2.05, 4.69) is 74.5 Å². The normalized spacial score (nSPS) is 10.9. The molecule has 17 heavy (non-hydrogen) atoms. The molecule has 86 valence electrons. The predicted octanol–water partition coefficient (Wildman–Crippen LogP) is 5.09. The van der Waals surface area contributed by atoms with Gasteiger partial charge < -0.3 is 0 Å². The zero-order chi connectivity index (χ0) is 12.1. The van der Waals surface area contributed by atoms with E-state index >= 15 is 0 Å². The summed E-state index contributed by atoms with van der Waals surface area (Å²) in [4.78, 5) is 0. The van der Waals surface area contributed by atoms with Crippen LogP contribution in [0.3, 0.4) is 0 Å². The van der Waals surface area contributed by atoms with Gasteiger partial charge in [0, 0.05) is 0 Å². The molecule has 2 rings (SSSR count). The third-order valence-corrected chi connectivity index (χ3v) is 2.92. The quantitative estimate of drug-likeness (QED) is 0.679. The highest BCUT2D eigenvalue weighted by molar-refractivity contribution is 5.68. The fourth-order valence-corrected chi connectivity index (χ4v) is 1.88. The van der Waals surface area contributed by atoms with Crippen LogP contribution >= 0.6 is 0 Å². The molecule has 0 heteroatoms. The number of allylic oxidation sites excluding steroid dienone is 1. The summed E-state index contributed by atoms with van der Waals surface area (Å²) in [6.45, 7) is 4.32. The minimum atomic E-state index is 1.08. The summed E-state index contributed by atoms with van der Waals surface area (Å²) in [6.07, 6.45) is 5.49. The number of benzene rings is 2. The molecule has 0 aliphatic heterocycles. The second-order valence-corrected chi connectivity index (χ2v) is 4.25. The minimum Gasteiger partial charge on any atom is -0.0842 e. The molecule has 0 fully saturated rings. The molecule has 0 atom stereocenters. The van der Waals surface area contributed by atoms with Crippen LogP contribution in [-0.4, -0.2) is 0 Å². The molecule has 0 unspecified atom stereocenters. The predicted molar refractivity (Wildman–Crippen MR) is 75.9 cm³/mol. The average Bonchev–Trinajstić information content (AvgIpc) is 2.39. The SMILES string of the molecule is CC/C=C\c1cc(-c2ccccc2)ccc1C. The largest absolute Gasteiger partial charge is 0.0842 e. The molecule has 0 amide bonds. The fraction of sp³-hybridized carbons (Fsp3) is 0.176. The molecule has 0 spiro atoms. The van der Waals surface area contributed by atoms with Crippen LogP contribution in [0.4, 0.5) is 0 Å². The first kappa shape index (κ1) is 11.7. The fourth-order valence-electron chi connectivity index (χ4n) is 1.88. The summed E-state index contributed by atoms with van der Waals surface area (Å²) >= 11 is 0. The van der Waals surface area contributed by atoms with Gasteiger partial charge in [0.15, 0.2) is 0 Å². The van der Waals surface area contributed by atoms with Gasteiger partial charge in [-0.2, -0.15) is 0 Å². The third kappa shape index (κ3) is 2.85. The molecule has 2 aromatic rings. The molecule has 0 heterocycles. The van der Waals surface area contributed by atoms with Gasteiger partial charge >= 0.3 is 0 Å². The Kier molecular flexibility index (Phi) is 3.77. The highest BCUT2D eigenvalue weighted by Crippen LogP contribution is 2.22. The summed E-state index contributed by atoms with van der Waals surface area (Å²) in [5.74, 6) is 0. The summed E-state index contributed by atoms with van der Waals surface area (Å²) in [7, 11) is 0.